The van der Waals surface area contributed by atoms with Gasteiger partial charge in [0, 0.05) is 24.4 Å². The zero-order chi connectivity index (χ0) is 20.1. The zero-order valence-electron chi connectivity index (χ0n) is 14.3. The van der Waals surface area contributed by atoms with Crippen LogP contribution in [-0.2, 0) is 11.2 Å². The average molecular weight is 389 g/mol. The molecule has 2 heterocycles. The van der Waals surface area contributed by atoms with Crippen molar-refractivity contribution in [3.05, 3.63) is 77.5 Å². The third kappa shape index (κ3) is 4.53. The molecule has 0 aliphatic carbocycles. The number of carbonyl (C=O) groups excluding carboxylic acids is 2. The maximum absolute atomic E-state index is 13.4. The number of amides is 2. The summed E-state index contributed by atoms with van der Waals surface area (Å²) in [6.07, 6.45) is 0.00161. The Hall–Kier alpha value is -3.69. The van der Waals surface area contributed by atoms with Crippen LogP contribution in [-0.4, -0.2) is 33.0 Å². The van der Waals surface area contributed by atoms with Crippen LogP contribution in [0.25, 0.3) is 5.82 Å². The van der Waals surface area contributed by atoms with Crippen LogP contribution >= 0.6 is 0 Å². The zero-order valence-corrected chi connectivity index (χ0v) is 14.3. The van der Waals surface area contributed by atoms with Crippen molar-refractivity contribution in [1.29, 1.82) is 0 Å². The van der Waals surface area contributed by atoms with Gasteiger partial charge in [-0.15, -0.1) is 0 Å². The van der Waals surface area contributed by atoms with Crippen LogP contribution in [0.4, 0.5) is 13.2 Å². The van der Waals surface area contributed by atoms with E-state index in [1.165, 1.54) is 41.3 Å². The number of nitrogens with one attached hydrogen (secondary N) is 2. The predicted octanol–water partition coefficient (Wildman–Crippen LogP) is 2.02. The lowest BCUT2D eigenvalue weighted by Gasteiger charge is -2.10. The van der Waals surface area contributed by atoms with Crippen molar-refractivity contribution in [2.24, 2.45) is 0 Å². The van der Waals surface area contributed by atoms with Crippen molar-refractivity contribution in [3.8, 4) is 5.82 Å². The van der Waals surface area contributed by atoms with E-state index in [4.69, 9.17) is 0 Å². The monoisotopic (exact) mass is 389 g/mol. The number of benzene rings is 1. The number of hydrogen-bond acceptors (Lipinski definition) is 4. The normalized spacial score (nSPS) is 10.7. The lowest BCUT2D eigenvalue weighted by Crippen LogP contribution is -2.44. The molecule has 10 heteroatoms. The van der Waals surface area contributed by atoms with Crippen LogP contribution in [0, 0.1) is 5.82 Å². The summed E-state index contributed by atoms with van der Waals surface area (Å²) >= 11 is 0. The molecule has 3 rings (SSSR count). The molecule has 28 heavy (non-hydrogen) atoms. The predicted molar refractivity (Wildman–Crippen MR) is 92.2 cm³/mol. The Labute approximate surface area is 157 Å². The van der Waals surface area contributed by atoms with Crippen LogP contribution in [0.2, 0.25) is 0 Å². The van der Waals surface area contributed by atoms with Gasteiger partial charge in [-0.2, -0.15) is 13.9 Å². The molecule has 1 aromatic carbocycles. The lowest BCUT2D eigenvalue weighted by atomic mass is 10.1. The van der Waals surface area contributed by atoms with Crippen molar-refractivity contribution >= 4 is 11.8 Å². The van der Waals surface area contributed by atoms with Gasteiger partial charge < -0.3 is 0 Å². The summed E-state index contributed by atoms with van der Waals surface area (Å²) in [5.41, 5.74) is 5.01. The summed E-state index contributed by atoms with van der Waals surface area (Å²) in [5.74, 6) is -2.47. The van der Waals surface area contributed by atoms with Gasteiger partial charge in [-0.3, -0.25) is 20.4 Å². The van der Waals surface area contributed by atoms with Gasteiger partial charge in [0.15, 0.2) is 5.82 Å². The molecular weight excluding hydrogens is 375 g/mol. The number of pyridine rings is 1. The maximum atomic E-state index is 13.4. The first kappa shape index (κ1) is 19.1. The van der Waals surface area contributed by atoms with Crippen LogP contribution < -0.4 is 10.9 Å². The minimum absolute atomic E-state index is 0.0757. The van der Waals surface area contributed by atoms with E-state index in [0.29, 0.717) is 17.9 Å². The van der Waals surface area contributed by atoms with Crippen LogP contribution in [0.1, 0.15) is 21.6 Å². The summed E-state index contributed by atoms with van der Waals surface area (Å²) in [6, 6.07) is 10.6. The van der Waals surface area contributed by atoms with Crippen LogP contribution in [0.15, 0.2) is 54.9 Å². The average Bonchev–Trinajstić information content (AvgIpc) is 3.14. The quantitative estimate of drug-likeness (QED) is 0.654. The Kier molecular flexibility index (Phi) is 5.68. The van der Waals surface area contributed by atoms with E-state index in [2.05, 4.69) is 10.1 Å². The van der Waals surface area contributed by atoms with Gasteiger partial charge in [0.25, 0.3) is 5.91 Å². The largest absolute Gasteiger partial charge is 0.317 e. The number of hydrazine groups is 1. The molecule has 0 spiro atoms. The van der Waals surface area contributed by atoms with Gasteiger partial charge in [-0.05, 0) is 35.9 Å². The fourth-order valence-corrected chi connectivity index (χ4v) is 2.45. The second kappa shape index (κ2) is 8.33. The molecule has 2 aromatic heterocycles. The van der Waals surface area contributed by atoms with Gasteiger partial charge in [0.05, 0.1) is 5.69 Å². The molecule has 0 radical (unpaired) electrons. The van der Waals surface area contributed by atoms with Gasteiger partial charge in [-0.1, -0.05) is 12.1 Å². The van der Waals surface area contributed by atoms with Crippen molar-refractivity contribution < 1.29 is 22.8 Å². The van der Waals surface area contributed by atoms with Crippen molar-refractivity contribution in [2.45, 2.75) is 12.8 Å². The molecule has 0 saturated carbocycles. The van der Waals surface area contributed by atoms with E-state index in [-0.39, 0.29) is 11.4 Å². The Morgan fingerprint density at radius 1 is 1.07 bits per heavy atom. The topological polar surface area (TPSA) is 88.9 Å². The molecule has 7 nitrogen and oxygen atoms in total. The molecule has 2 amide bonds. The smallest absolute Gasteiger partial charge is 0.267 e. The highest BCUT2D eigenvalue weighted by Gasteiger charge is 2.17. The van der Waals surface area contributed by atoms with Crippen molar-refractivity contribution in [3.63, 3.8) is 0 Å². The SMILES string of the molecule is O=C(NNC(=O)C(F)F)c1ccnc(-n2nccc2Cc2cccc(F)c2)c1. The highest BCUT2D eigenvalue weighted by atomic mass is 19.3. The molecule has 0 bridgehead atoms. The highest BCUT2D eigenvalue weighted by Crippen LogP contribution is 2.15. The first-order chi connectivity index (χ1) is 13.4. The highest BCUT2D eigenvalue weighted by molar-refractivity contribution is 5.95. The van der Waals surface area contributed by atoms with Gasteiger partial charge >= 0.3 is 12.3 Å². The number of rotatable bonds is 5. The number of halogens is 3. The van der Waals surface area contributed by atoms with E-state index >= 15 is 0 Å². The third-order valence-electron chi connectivity index (χ3n) is 3.72. The molecule has 2 N–H and O–H groups in total. The van der Waals surface area contributed by atoms with E-state index in [1.54, 1.807) is 23.6 Å². The minimum Gasteiger partial charge on any atom is -0.267 e. The maximum Gasteiger partial charge on any atom is 0.317 e. The second-order valence-electron chi connectivity index (χ2n) is 5.69. The fourth-order valence-electron chi connectivity index (χ4n) is 2.45. The summed E-state index contributed by atoms with van der Waals surface area (Å²) in [7, 11) is 0. The number of carbonyl (C=O) groups is 2. The molecular formula is C18H14F3N5O2. The Balaban J connectivity index is 1.78. The summed E-state index contributed by atoms with van der Waals surface area (Å²) in [4.78, 5) is 27.0. The van der Waals surface area contributed by atoms with Gasteiger partial charge in [0.2, 0.25) is 0 Å². The van der Waals surface area contributed by atoms with Crippen molar-refractivity contribution in [2.75, 3.05) is 0 Å². The van der Waals surface area contributed by atoms with Crippen molar-refractivity contribution in [1.82, 2.24) is 25.6 Å². The standard InChI is InChI=1S/C18H14F3N5O2/c19-13-3-1-2-11(8-13)9-14-5-7-23-26(14)15-10-12(4-6-22-15)17(27)24-25-18(28)16(20)21/h1-8,10,16H,9H2,(H,24,27)(H,25,28). The van der Waals surface area contributed by atoms with Crippen LogP contribution in [0.5, 0.6) is 0 Å². The van der Waals surface area contributed by atoms with Crippen LogP contribution in [0.3, 0.4) is 0 Å². The summed E-state index contributed by atoms with van der Waals surface area (Å²) in [6.45, 7) is 0. The van der Waals surface area contributed by atoms with E-state index in [1.807, 2.05) is 5.43 Å². The van der Waals surface area contributed by atoms with E-state index in [9.17, 15) is 22.8 Å². The summed E-state index contributed by atoms with van der Waals surface area (Å²) < 4.78 is 39.2. The summed E-state index contributed by atoms with van der Waals surface area (Å²) in [5, 5.41) is 4.16. The Morgan fingerprint density at radius 2 is 1.89 bits per heavy atom. The number of alkyl halides is 2. The first-order valence-corrected chi connectivity index (χ1v) is 8.06. The molecule has 0 atom stereocenters. The lowest BCUT2D eigenvalue weighted by molar-refractivity contribution is -0.132. The number of nitrogens with zero attached hydrogens (tertiary/aromatic N) is 3. The second-order valence-corrected chi connectivity index (χ2v) is 5.69. The fraction of sp³-hybridized carbons (Fsp3) is 0.111. The Bertz CT molecular complexity index is 1010. The van der Waals surface area contributed by atoms with E-state index < -0.39 is 18.2 Å². The third-order valence-corrected chi connectivity index (χ3v) is 3.72. The van der Waals surface area contributed by atoms with Gasteiger partial charge in [0.1, 0.15) is 5.82 Å². The molecule has 0 saturated heterocycles. The first-order valence-electron chi connectivity index (χ1n) is 8.06. The van der Waals surface area contributed by atoms with E-state index in [0.717, 1.165) is 5.56 Å². The molecule has 0 fully saturated rings. The number of aromatic nitrogens is 3. The minimum atomic E-state index is -3.25. The molecule has 0 aliphatic rings. The molecule has 0 unspecified atom stereocenters. The van der Waals surface area contributed by atoms with Gasteiger partial charge in [-0.25, -0.2) is 14.1 Å². The molecule has 0 aliphatic heterocycles. The Morgan fingerprint density at radius 3 is 2.64 bits per heavy atom. The molecule has 3 aromatic rings. The molecule has 144 valence electrons. The number of hydrogen-bond donors (Lipinski definition) is 2.